The van der Waals surface area contributed by atoms with Crippen LogP contribution in [0.3, 0.4) is 0 Å². The van der Waals surface area contributed by atoms with E-state index in [1.54, 1.807) is 18.2 Å². The molecule has 1 N–H and O–H groups in total. The number of carbonyl (C=O) groups is 1. The van der Waals surface area contributed by atoms with Crippen molar-refractivity contribution in [1.29, 1.82) is 0 Å². The maximum atomic E-state index is 12.3. The van der Waals surface area contributed by atoms with Crippen molar-refractivity contribution >= 4 is 38.7 Å². The molecule has 0 aliphatic carbocycles. The molecule has 0 saturated heterocycles. The van der Waals surface area contributed by atoms with Crippen LogP contribution < -0.4 is 14.8 Å². The zero-order valence-electron chi connectivity index (χ0n) is 15.9. The van der Waals surface area contributed by atoms with Gasteiger partial charge in [-0.05, 0) is 23.8 Å². The number of nitrogens with zero attached hydrogens (tertiary/aromatic N) is 3. The minimum Gasteiger partial charge on any atom is -0.454 e. The van der Waals surface area contributed by atoms with E-state index in [0.717, 1.165) is 16.1 Å². The Kier molecular flexibility index (Phi) is 5.30. The molecule has 4 rings (SSSR count). The fraction of sp³-hybridized carbons (Fsp3) is 0.333. The number of amides is 1. The molecule has 29 heavy (non-hydrogen) atoms. The van der Waals surface area contributed by atoms with E-state index in [2.05, 4.69) is 10.3 Å². The van der Waals surface area contributed by atoms with E-state index in [1.165, 1.54) is 40.1 Å². The first-order valence-corrected chi connectivity index (χ1v) is 11.1. The van der Waals surface area contributed by atoms with Gasteiger partial charge in [-0.3, -0.25) is 10.1 Å². The van der Waals surface area contributed by atoms with Gasteiger partial charge in [-0.15, -0.1) is 11.3 Å². The molecule has 0 spiro atoms. The minimum absolute atomic E-state index is 0.199. The lowest BCUT2D eigenvalue weighted by molar-refractivity contribution is -0.111. The van der Waals surface area contributed by atoms with Crippen molar-refractivity contribution in [2.24, 2.45) is 0 Å². The first-order chi connectivity index (χ1) is 13.8. The zero-order chi connectivity index (χ0) is 20.6. The number of aromatic nitrogens is 1. The Morgan fingerprint density at radius 1 is 1.31 bits per heavy atom. The van der Waals surface area contributed by atoms with Crippen molar-refractivity contribution in [3.05, 3.63) is 40.4 Å². The molecule has 0 bridgehead atoms. The summed E-state index contributed by atoms with van der Waals surface area (Å²) in [4.78, 5) is 17.5. The van der Waals surface area contributed by atoms with Gasteiger partial charge in [-0.25, -0.2) is 4.98 Å². The molecule has 11 heteroatoms. The standard InChI is InChI=1S/C18H20N4O5S2/c1-21(2)29(24,25)22-8-7-13-16(10-22)28-18(19-13)20-17(23)6-4-12-3-5-14-15(9-12)27-11-26-14/h3-6,9H,7-8,10-11H2,1-2H3,(H,19,20,23)/b6-4+. The predicted molar refractivity (Wildman–Crippen MR) is 109 cm³/mol. The van der Waals surface area contributed by atoms with E-state index in [9.17, 15) is 13.2 Å². The molecule has 1 amide bonds. The molecule has 2 aliphatic rings. The highest BCUT2D eigenvalue weighted by atomic mass is 32.2. The number of hydrogen-bond acceptors (Lipinski definition) is 7. The van der Waals surface area contributed by atoms with Crippen molar-refractivity contribution in [3.63, 3.8) is 0 Å². The summed E-state index contributed by atoms with van der Waals surface area (Å²) in [5, 5.41) is 3.20. The second-order valence-electron chi connectivity index (χ2n) is 6.70. The second-order valence-corrected chi connectivity index (χ2v) is 9.92. The van der Waals surface area contributed by atoms with Gasteiger partial charge in [-0.1, -0.05) is 6.07 Å². The van der Waals surface area contributed by atoms with Gasteiger partial charge in [0.05, 0.1) is 12.2 Å². The summed E-state index contributed by atoms with van der Waals surface area (Å²) in [5.41, 5.74) is 1.64. The highest BCUT2D eigenvalue weighted by Crippen LogP contribution is 2.33. The smallest absolute Gasteiger partial charge is 0.281 e. The monoisotopic (exact) mass is 436 g/mol. The van der Waals surface area contributed by atoms with E-state index in [1.807, 2.05) is 6.07 Å². The number of anilines is 1. The van der Waals surface area contributed by atoms with Gasteiger partial charge in [0, 0.05) is 38.0 Å². The molecule has 9 nitrogen and oxygen atoms in total. The summed E-state index contributed by atoms with van der Waals surface area (Å²) >= 11 is 1.30. The molecular formula is C18H20N4O5S2. The molecule has 1 aromatic heterocycles. The van der Waals surface area contributed by atoms with Crippen LogP contribution in [-0.4, -0.2) is 55.4 Å². The number of carbonyl (C=O) groups excluding carboxylic acids is 1. The van der Waals surface area contributed by atoms with Crippen LogP contribution in [0.4, 0.5) is 5.13 Å². The van der Waals surface area contributed by atoms with E-state index >= 15 is 0 Å². The second kappa shape index (κ2) is 7.75. The van der Waals surface area contributed by atoms with Crippen molar-refractivity contribution in [2.75, 3.05) is 32.7 Å². The molecular weight excluding hydrogens is 416 g/mol. The molecule has 3 heterocycles. The largest absolute Gasteiger partial charge is 0.454 e. The lowest BCUT2D eigenvalue weighted by Crippen LogP contribution is -2.42. The first-order valence-electron chi connectivity index (χ1n) is 8.88. The van der Waals surface area contributed by atoms with Gasteiger partial charge in [0.15, 0.2) is 16.6 Å². The average molecular weight is 437 g/mol. The SMILES string of the molecule is CN(C)S(=O)(=O)N1CCc2nc(NC(=O)/C=C/c3ccc4c(c3)OCO4)sc2C1. The summed E-state index contributed by atoms with van der Waals surface area (Å²) in [5.74, 6) is 1.02. The molecule has 0 unspecified atom stereocenters. The summed E-state index contributed by atoms with van der Waals surface area (Å²) in [6.07, 6.45) is 3.61. The van der Waals surface area contributed by atoms with Gasteiger partial charge in [0.1, 0.15) is 0 Å². The van der Waals surface area contributed by atoms with Crippen LogP contribution in [0.25, 0.3) is 6.08 Å². The molecule has 1 aromatic carbocycles. The van der Waals surface area contributed by atoms with E-state index in [0.29, 0.717) is 29.6 Å². The number of thiazole rings is 1. The number of hydrogen-bond donors (Lipinski definition) is 1. The summed E-state index contributed by atoms with van der Waals surface area (Å²) in [6, 6.07) is 5.43. The fourth-order valence-electron chi connectivity index (χ4n) is 2.99. The van der Waals surface area contributed by atoms with Crippen LogP contribution in [0, 0.1) is 0 Å². The third kappa shape index (κ3) is 4.13. The van der Waals surface area contributed by atoms with E-state index in [4.69, 9.17) is 9.47 Å². The normalized spacial score (nSPS) is 16.4. The summed E-state index contributed by atoms with van der Waals surface area (Å²) < 4.78 is 37.8. The molecule has 2 aliphatic heterocycles. The van der Waals surface area contributed by atoms with Gasteiger partial charge < -0.3 is 9.47 Å². The van der Waals surface area contributed by atoms with Gasteiger partial charge in [-0.2, -0.15) is 17.0 Å². The Labute approximate surface area is 172 Å². The Morgan fingerprint density at radius 2 is 2.10 bits per heavy atom. The topological polar surface area (TPSA) is 101 Å². The summed E-state index contributed by atoms with van der Waals surface area (Å²) in [6.45, 7) is 0.829. The van der Waals surface area contributed by atoms with E-state index < -0.39 is 10.2 Å². The zero-order valence-corrected chi connectivity index (χ0v) is 17.5. The highest BCUT2D eigenvalue weighted by molar-refractivity contribution is 7.86. The Balaban J connectivity index is 1.41. The maximum absolute atomic E-state index is 12.3. The van der Waals surface area contributed by atoms with Crippen molar-refractivity contribution in [3.8, 4) is 11.5 Å². The lowest BCUT2D eigenvalue weighted by atomic mass is 10.2. The highest BCUT2D eigenvalue weighted by Gasteiger charge is 2.30. The molecule has 154 valence electrons. The molecule has 0 saturated carbocycles. The molecule has 0 atom stereocenters. The minimum atomic E-state index is -3.47. The third-order valence-corrected chi connectivity index (χ3v) is 7.42. The molecule has 0 fully saturated rings. The number of benzene rings is 1. The predicted octanol–water partition coefficient (Wildman–Crippen LogP) is 1.69. The van der Waals surface area contributed by atoms with E-state index in [-0.39, 0.29) is 19.2 Å². The number of fused-ring (bicyclic) bond motifs is 2. The maximum Gasteiger partial charge on any atom is 0.281 e. The quantitative estimate of drug-likeness (QED) is 0.716. The van der Waals surface area contributed by atoms with Gasteiger partial charge in [0.2, 0.25) is 12.7 Å². The van der Waals surface area contributed by atoms with Crippen LogP contribution in [0.2, 0.25) is 0 Å². The van der Waals surface area contributed by atoms with Crippen LogP contribution in [0.15, 0.2) is 24.3 Å². The summed E-state index contributed by atoms with van der Waals surface area (Å²) in [7, 11) is -0.453. The van der Waals surface area contributed by atoms with Gasteiger partial charge >= 0.3 is 0 Å². The average Bonchev–Trinajstić information content (AvgIpc) is 3.31. The number of nitrogens with one attached hydrogen (secondary N) is 1. The Bertz CT molecular complexity index is 1080. The number of rotatable bonds is 5. The Hall–Kier alpha value is -2.47. The number of ether oxygens (including phenoxy) is 2. The van der Waals surface area contributed by atoms with Crippen LogP contribution in [-0.2, 0) is 28.0 Å². The van der Waals surface area contributed by atoms with Crippen LogP contribution >= 0.6 is 11.3 Å². The van der Waals surface area contributed by atoms with Crippen LogP contribution in [0.5, 0.6) is 11.5 Å². The molecule has 0 radical (unpaired) electrons. The van der Waals surface area contributed by atoms with Crippen molar-refractivity contribution in [2.45, 2.75) is 13.0 Å². The molecule has 2 aromatic rings. The van der Waals surface area contributed by atoms with Gasteiger partial charge in [0.25, 0.3) is 10.2 Å². The first kappa shape index (κ1) is 19.8. The Morgan fingerprint density at radius 3 is 2.90 bits per heavy atom. The van der Waals surface area contributed by atoms with Crippen molar-refractivity contribution in [1.82, 2.24) is 13.6 Å². The lowest BCUT2D eigenvalue weighted by Gasteiger charge is -2.27. The fourth-order valence-corrected chi connectivity index (χ4v) is 5.17. The van der Waals surface area contributed by atoms with Crippen LogP contribution in [0.1, 0.15) is 16.1 Å². The van der Waals surface area contributed by atoms with Crippen molar-refractivity contribution < 1.29 is 22.7 Å². The third-order valence-electron chi connectivity index (χ3n) is 4.54.